The van der Waals surface area contributed by atoms with Crippen LogP contribution in [0, 0.1) is 5.82 Å². The minimum absolute atomic E-state index is 0.0246. The number of benzene rings is 1. The lowest BCUT2D eigenvalue weighted by Crippen LogP contribution is -2.31. The minimum atomic E-state index is -3.92. The van der Waals surface area contributed by atoms with Crippen LogP contribution in [0.2, 0.25) is 0 Å². The summed E-state index contributed by atoms with van der Waals surface area (Å²) in [5.74, 6) is -0.492. The Morgan fingerprint density at radius 2 is 1.29 bits per heavy atom. The molecule has 0 atom stereocenters. The van der Waals surface area contributed by atoms with E-state index in [1.807, 2.05) is 57.6 Å². The van der Waals surface area contributed by atoms with Crippen molar-refractivity contribution in [2.75, 3.05) is 0 Å². The van der Waals surface area contributed by atoms with Crippen molar-refractivity contribution in [3.05, 3.63) is 103 Å². The molecule has 0 bridgehead atoms. The van der Waals surface area contributed by atoms with Crippen LogP contribution in [0.3, 0.4) is 0 Å². The van der Waals surface area contributed by atoms with Gasteiger partial charge in [0.1, 0.15) is 17.1 Å². The Balaban J connectivity index is 1.58. The molecule has 0 aliphatic carbocycles. The summed E-state index contributed by atoms with van der Waals surface area (Å²) >= 11 is 0. The van der Waals surface area contributed by atoms with Crippen molar-refractivity contribution in [1.82, 2.24) is 23.1 Å². The van der Waals surface area contributed by atoms with Crippen molar-refractivity contribution in [2.45, 2.75) is 18.0 Å². The van der Waals surface area contributed by atoms with E-state index in [4.69, 9.17) is 0 Å². The fourth-order valence-corrected chi connectivity index (χ4v) is 4.93. The molecule has 156 valence electrons. The molecular formula is C22H18FN5O2S. The molecule has 31 heavy (non-hydrogen) atoms. The first kappa shape index (κ1) is 19.4. The van der Waals surface area contributed by atoms with Gasteiger partial charge in [-0.05, 0) is 48.5 Å². The normalized spacial score (nSPS) is 12.2. The highest BCUT2D eigenvalue weighted by molar-refractivity contribution is 7.89. The monoisotopic (exact) mass is 435 g/mol. The standard InChI is InChI=1S/C22H18FN5O2S/c23-17-7-9-20(10-8-17)31(29,30)26(15-18-13-24-21-5-1-3-11-27(18)21)16-19-14-25-22-6-2-4-12-28(19)22/h1-14H,15-16H2. The zero-order valence-corrected chi connectivity index (χ0v) is 17.2. The van der Waals surface area contributed by atoms with Crippen LogP contribution < -0.4 is 0 Å². The lowest BCUT2D eigenvalue weighted by atomic mass is 10.3. The third kappa shape index (κ3) is 3.58. The molecule has 5 aromatic rings. The zero-order valence-electron chi connectivity index (χ0n) is 16.3. The Morgan fingerprint density at radius 1 is 0.774 bits per heavy atom. The summed E-state index contributed by atoms with van der Waals surface area (Å²) in [5.41, 5.74) is 2.89. The van der Waals surface area contributed by atoms with Crippen molar-refractivity contribution < 1.29 is 12.8 Å². The highest BCUT2D eigenvalue weighted by Gasteiger charge is 2.27. The number of hydrogen-bond acceptors (Lipinski definition) is 4. The molecule has 0 spiro atoms. The van der Waals surface area contributed by atoms with Crippen LogP contribution >= 0.6 is 0 Å². The molecule has 0 unspecified atom stereocenters. The summed E-state index contributed by atoms with van der Waals surface area (Å²) in [6.07, 6.45) is 7.01. The van der Waals surface area contributed by atoms with Gasteiger partial charge in [0.15, 0.2) is 0 Å². The Morgan fingerprint density at radius 3 is 1.81 bits per heavy atom. The van der Waals surface area contributed by atoms with E-state index >= 15 is 0 Å². The first-order valence-electron chi connectivity index (χ1n) is 9.60. The quantitative estimate of drug-likeness (QED) is 0.409. The third-order valence-electron chi connectivity index (χ3n) is 5.12. The van der Waals surface area contributed by atoms with E-state index in [-0.39, 0.29) is 18.0 Å². The molecule has 5 rings (SSSR count). The van der Waals surface area contributed by atoms with E-state index < -0.39 is 15.8 Å². The molecule has 0 saturated heterocycles. The molecule has 0 saturated carbocycles. The van der Waals surface area contributed by atoms with Gasteiger partial charge in [0.2, 0.25) is 10.0 Å². The smallest absolute Gasteiger partial charge is 0.243 e. The SMILES string of the molecule is O=S(=O)(c1ccc(F)cc1)N(Cc1cnc2ccccn12)Cc1cnc2ccccn12. The predicted octanol–water partition coefficient (Wildman–Crippen LogP) is 3.51. The molecule has 4 aromatic heterocycles. The van der Waals surface area contributed by atoms with Gasteiger partial charge in [-0.2, -0.15) is 4.31 Å². The van der Waals surface area contributed by atoms with Crippen LogP contribution in [0.5, 0.6) is 0 Å². The third-order valence-corrected chi connectivity index (χ3v) is 6.92. The maximum atomic E-state index is 13.5. The summed E-state index contributed by atoms with van der Waals surface area (Å²) in [6, 6.07) is 16.0. The number of fused-ring (bicyclic) bond motifs is 2. The van der Waals surface area contributed by atoms with Crippen molar-refractivity contribution in [1.29, 1.82) is 0 Å². The number of sulfonamides is 1. The highest BCUT2D eigenvalue weighted by Crippen LogP contribution is 2.22. The average molecular weight is 435 g/mol. The van der Waals surface area contributed by atoms with Crippen molar-refractivity contribution in [3.8, 4) is 0 Å². The van der Waals surface area contributed by atoms with Gasteiger partial charge in [-0.25, -0.2) is 22.8 Å². The first-order chi connectivity index (χ1) is 15.0. The Labute approximate surface area is 178 Å². The van der Waals surface area contributed by atoms with Crippen LogP contribution in [-0.2, 0) is 23.1 Å². The molecule has 0 N–H and O–H groups in total. The summed E-state index contributed by atoms with van der Waals surface area (Å²) in [6.45, 7) is 0.177. The van der Waals surface area contributed by atoms with Gasteiger partial charge in [0, 0.05) is 12.4 Å². The summed E-state index contributed by atoms with van der Waals surface area (Å²) in [5, 5.41) is 0. The predicted molar refractivity (Wildman–Crippen MR) is 113 cm³/mol. The zero-order chi connectivity index (χ0) is 21.4. The Hall–Kier alpha value is -3.56. The summed E-state index contributed by atoms with van der Waals surface area (Å²) in [7, 11) is -3.92. The Bertz CT molecular complexity index is 1400. The summed E-state index contributed by atoms with van der Waals surface area (Å²) < 4.78 is 45.5. The van der Waals surface area contributed by atoms with Gasteiger partial charge in [-0.3, -0.25) is 0 Å². The fourth-order valence-electron chi connectivity index (χ4n) is 3.55. The number of rotatable bonds is 6. The largest absolute Gasteiger partial charge is 0.303 e. The van der Waals surface area contributed by atoms with Crippen LogP contribution in [0.1, 0.15) is 11.4 Å². The second kappa shape index (κ2) is 7.60. The minimum Gasteiger partial charge on any atom is -0.303 e. The van der Waals surface area contributed by atoms with Crippen LogP contribution in [0.4, 0.5) is 4.39 Å². The number of nitrogens with zero attached hydrogens (tertiary/aromatic N) is 5. The van der Waals surface area contributed by atoms with Crippen LogP contribution in [0.25, 0.3) is 11.3 Å². The van der Waals surface area contributed by atoms with Gasteiger partial charge in [-0.15, -0.1) is 0 Å². The molecule has 4 heterocycles. The van der Waals surface area contributed by atoms with Gasteiger partial charge >= 0.3 is 0 Å². The first-order valence-corrected chi connectivity index (χ1v) is 11.0. The maximum absolute atomic E-state index is 13.5. The summed E-state index contributed by atoms with van der Waals surface area (Å²) in [4.78, 5) is 8.74. The molecule has 0 aliphatic rings. The second-order valence-electron chi connectivity index (χ2n) is 7.08. The molecule has 1 aromatic carbocycles. The van der Waals surface area contributed by atoms with Gasteiger partial charge in [-0.1, -0.05) is 12.1 Å². The topological polar surface area (TPSA) is 72.0 Å². The average Bonchev–Trinajstić information content (AvgIpc) is 3.38. The fraction of sp³-hybridized carbons (Fsp3) is 0.0909. The van der Waals surface area contributed by atoms with E-state index in [9.17, 15) is 12.8 Å². The van der Waals surface area contributed by atoms with Gasteiger partial charge < -0.3 is 8.80 Å². The Kier molecular flexibility index (Phi) is 4.76. The maximum Gasteiger partial charge on any atom is 0.243 e. The van der Waals surface area contributed by atoms with E-state index in [0.29, 0.717) is 0 Å². The van der Waals surface area contributed by atoms with Crippen molar-refractivity contribution in [2.24, 2.45) is 0 Å². The molecule has 0 amide bonds. The molecule has 7 nitrogen and oxygen atoms in total. The number of halogens is 1. The number of aromatic nitrogens is 4. The van der Waals surface area contributed by atoms with E-state index in [1.165, 1.54) is 16.4 Å². The lowest BCUT2D eigenvalue weighted by molar-refractivity contribution is 0.391. The van der Waals surface area contributed by atoms with Crippen molar-refractivity contribution in [3.63, 3.8) is 0 Å². The van der Waals surface area contributed by atoms with Gasteiger partial charge in [0.25, 0.3) is 0 Å². The van der Waals surface area contributed by atoms with Crippen LogP contribution in [0.15, 0.2) is 90.3 Å². The van der Waals surface area contributed by atoms with Crippen molar-refractivity contribution >= 4 is 21.3 Å². The molecule has 0 fully saturated rings. The number of hydrogen-bond donors (Lipinski definition) is 0. The molecule has 9 heteroatoms. The van der Waals surface area contributed by atoms with Gasteiger partial charge in [0.05, 0.1) is 41.8 Å². The second-order valence-corrected chi connectivity index (χ2v) is 9.02. The molecular weight excluding hydrogens is 417 g/mol. The lowest BCUT2D eigenvalue weighted by Gasteiger charge is -2.22. The number of imidazole rings is 2. The van der Waals surface area contributed by atoms with E-state index in [1.54, 1.807) is 12.4 Å². The van der Waals surface area contributed by atoms with Crippen LogP contribution in [-0.4, -0.2) is 31.5 Å². The van der Waals surface area contributed by atoms with E-state index in [2.05, 4.69) is 9.97 Å². The van der Waals surface area contributed by atoms with E-state index in [0.717, 1.165) is 34.8 Å². The number of pyridine rings is 2. The highest BCUT2D eigenvalue weighted by atomic mass is 32.2. The molecule has 0 radical (unpaired) electrons. The molecule has 0 aliphatic heterocycles.